The highest BCUT2D eigenvalue weighted by molar-refractivity contribution is 7.09. The number of carboxylic acid groups (broad SMARTS) is 1. The Morgan fingerprint density at radius 1 is 1.22 bits per heavy atom. The highest BCUT2D eigenvalue weighted by Gasteiger charge is 2.17. The van der Waals surface area contributed by atoms with E-state index in [1.54, 1.807) is 11.3 Å². The minimum atomic E-state index is -0.988. The lowest BCUT2D eigenvalue weighted by atomic mass is 10.0. The standard InChI is InChI=1S/C21H22N2O3S/c1-15(21-22-10-11-27-21)23(2)13-18-12-17(16-6-4-3-5-7-16)8-9-19(18)26-14-20(24)25/h3-12,15H,13-14H2,1-2H3,(H,24,25). The molecule has 0 amide bonds. The number of carbonyl (C=O) groups is 1. The van der Waals surface area contributed by atoms with Gasteiger partial charge in [-0.3, -0.25) is 4.90 Å². The molecule has 0 aliphatic carbocycles. The van der Waals surface area contributed by atoms with E-state index in [4.69, 9.17) is 9.84 Å². The molecule has 1 heterocycles. The summed E-state index contributed by atoms with van der Waals surface area (Å²) >= 11 is 1.63. The van der Waals surface area contributed by atoms with Gasteiger partial charge in [0.1, 0.15) is 10.8 Å². The smallest absolute Gasteiger partial charge is 0.341 e. The number of benzene rings is 2. The summed E-state index contributed by atoms with van der Waals surface area (Å²) in [5, 5.41) is 12.0. The molecule has 0 aliphatic heterocycles. The molecule has 27 heavy (non-hydrogen) atoms. The van der Waals surface area contributed by atoms with Crippen molar-refractivity contribution in [1.29, 1.82) is 0 Å². The van der Waals surface area contributed by atoms with Crippen LogP contribution in [-0.2, 0) is 11.3 Å². The number of ether oxygens (including phenoxy) is 1. The molecular formula is C21H22N2O3S. The van der Waals surface area contributed by atoms with Gasteiger partial charge in [-0.05, 0) is 37.2 Å². The second-order valence-corrected chi connectivity index (χ2v) is 7.26. The van der Waals surface area contributed by atoms with E-state index in [1.165, 1.54) is 0 Å². The van der Waals surface area contributed by atoms with Gasteiger partial charge in [-0.25, -0.2) is 9.78 Å². The van der Waals surface area contributed by atoms with Crippen LogP contribution in [-0.4, -0.2) is 34.6 Å². The molecule has 0 aliphatic rings. The third-order valence-electron chi connectivity index (χ3n) is 4.41. The third kappa shape index (κ3) is 4.93. The Hall–Kier alpha value is -2.70. The van der Waals surface area contributed by atoms with Crippen LogP contribution in [0.5, 0.6) is 5.75 Å². The Labute approximate surface area is 162 Å². The van der Waals surface area contributed by atoms with Crippen LogP contribution in [0.25, 0.3) is 11.1 Å². The lowest BCUT2D eigenvalue weighted by Crippen LogP contribution is -2.22. The van der Waals surface area contributed by atoms with Crippen molar-refractivity contribution >= 4 is 17.3 Å². The fourth-order valence-corrected chi connectivity index (χ4v) is 3.59. The first-order chi connectivity index (χ1) is 13.0. The van der Waals surface area contributed by atoms with E-state index in [9.17, 15) is 4.79 Å². The second-order valence-electron chi connectivity index (χ2n) is 6.33. The van der Waals surface area contributed by atoms with Crippen molar-refractivity contribution in [1.82, 2.24) is 9.88 Å². The van der Waals surface area contributed by atoms with E-state index < -0.39 is 5.97 Å². The van der Waals surface area contributed by atoms with Crippen molar-refractivity contribution in [2.45, 2.75) is 19.5 Å². The van der Waals surface area contributed by atoms with Gasteiger partial charge in [-0.2, -0.15) is 0 Å². The molecule has 3 rings (SSSR count). The Morgan fingerprint density at radius 3 is 2.67 bits per heavy atom. The minimum Gasteiger partial charge on any atom is -0.482 e. The van der Waals surface area contributed by atoms with E-state index >= 15 is 0 Å². The molecule has 1 unspecified atom stereocenters. The van der Waals surface area contributed by atoms with Gasteiger partial charge in [0, 0.05) is 23.7 Å². The van der Waals surface area contributed by atoms with Gasteiger partial charge in [0.2, 0.25) is 0 Å². The molecular weight excluding hydrogens is 360 g/mol. The first-order valence-electron chi connectivity index (χ1n) is 8.67. The highest BCUT2D eigenvalue weighted by Crippen LogP contribution is 2.30. The number of carboxylic acids is 1. The van der Waals surface area contributed by atoms with Gasteiger partial charge in [0.05, 0.1) is 6.04 Å². The van der Waals surface area contributed by atoms with E-state index in [-0.39, 0.29) is 12.6 Å². The maximum absolute atomic E-state index is 10.9. The van der Waals surface area contributed by atoms with Crippen LogP contribution in [0.4, 0.5) is 0 Å². The van der Waals surface area contributed by atoms with Gasteiger partial charge in [-0.15, -0.1) is 11.3 Å². The van der Waals surface area contributed by atoms with E-state index in [0.717, 1.165) is 21.7 Å². The number of nitrogens with zero attached hydrogens (tertiary/aromatic N) is 2. The van der Waals surface area contributed by atoms with Gasteiger partial charge < -0.3 is 9.84 Å². The SMILES string of the molecule is CC(c1nccs1)N(C)Cc1cc(-c2ccccc2)ccc1OCC(=O)O. The molecule has 1 N–H and O–H groups in total. The summed E-state index contributed by atoms with van der Waals surface area (Å²) in [6.45, 7) is 2.37. The average Bonchev–Trinajstić information content (AvgIpc) is 3.21. The highest BCUT2D eigenvalue weighted by atomic mass is 32.1. The molecule has 1 aromatic heterocycles. The summed E-state index contributed by atoms with van der Waals surface area (Å²) in [6.07, 6.45) is 1.81. The lowest BCUT2D eigenvalue weighted by Gasteiger charge is -2.24. The monoisotopic (exact) mass is 382 g/mol. The molecule has 0 radical (unpaired) electrons. The van der Waals surface area contributed by atoms with Gasteiger partial charge >= 0.3 is 5.97 Å². The largest absolute Gasteiger partial charge is 0.482 e. The normalized spacial score (nSPS) is 12.1. The average molecular weight is 382 g/mol. The number of aliphatic carboxylic acids is 1. The molecule has 5 nitrogen and oxygen atoms in total. The molecule has 0 bridgehead atoms. The predicted molar refractivity (Wildman–Crippen MR) is 107 cm³/mol. The van der Waals surface area contributed by atoms with E-state index in [0.29, 0.717) is 12.3 Å². The Bertz CT molecular complexity index is 882. The quantitative estimate of drug-likeness (QED) is 0.623. The first kappa shape index (κ1) is 19.1. The number of rotatable bonds is 8. The molecule has 0 saturated heterocycles. The summed E-state index contributed by atoms with van der Waals surface area (Å²) in [5.74, 6) is -0.395. The van der Waals surface area contributed by atoms with Crippen LogP contribution in [0.1, 0.15) is 23.5 Å². The third-order valence-corrected chi connectivity index (χ3v) is 5.35. The van der Waals surface area contributed by atoms with Crippen molar-refractivity contribution < 1.29 is 14.6 Å². The molecule has 0 spiro atoms. The molecule has 2 aromatic carbocycles. The summed E-state index contributed by atoms with van der Waals surface area (Å²) in [6, 6.07) is 16.1. The van der Waals surface area contributed by atoms with Crippen molar-refractivity contribution in [2.75, 3.05) is 13.7 Å². The number of thiazole rings is 1. The maximum atomic E-state index is 10.9. The summed E-state index contributed by atoms with van der Waals surface area (Å²) in [4.78, 5) is 17.5. The molecule has 3 aromatic rings. The van der Waals surface area contributed by atoms with E-state index in [1.807, 2.05) is 49.0 Å². The fraction of sp³-hybridized carbons (Fsp3) is 0.238. The zero-order chi connectivity index (χ0) is 19.2. The van der Waals surface area contributed by atoms with Crippen molar-refractivity contribution in [3.05, 3.63) is 70.7 Å². The fourth-order valence-electron chi connectivity index (χ4n) is 2.83. The molecule has 0 saturated carbocycles. The van der Waals surface area contributed by atoms with Gasteiger partial charge in [0.15, 0.2) is 6.61 Å². The van der Waals surface area contributed by atoms with E-state index in [2.05, 4.69) is 35.0 Å². The minimum absolute atomic E-state index is 0.151. The first-order valence-corrected chi connectivity index (χ1v) is 9.55. The number of aromatic nitrogens is 1. The van der Waals surface area contributed by atoms with Crippen LogP contribution in [0.2, 0.25) is 0 Å². The maximum Gasteiger partial charge on any atom is 0.341 e. The Morgan fingerprint density at radius 2 is 2.00 bits per heavy atom. The van der Waals surface area contributed by atoms with Gasteiger partial charge in [0.25, 0.3) is 0 Å². The van der Waals surface area contributed by atoms with Crippen LogP contribution in [0.3, 0.4) is 0 Å². The van der Waals surface area contributed by atoms with Gasteiger partial charge in [-0.1, -0.05) is 36.4 Å². The summed E-state index contributed by atoms with van der Waals surface area (Å²) in [5.41, 5.74) is 3.13. The molecule has 0 fully saturated rings. The van der Waals surface area contributed by atoms with Crippen molar-refractivity contribution in [3.8, 4) is 16.9 Å². The topological polar surface area (TPSA) is 62.7 Å². The Balaban J connectivity index is 1.87. The number of hydrogen-bond donors (Lipinski definition) is 1. The van der Waals surface area contributed by atoms with Crippen molar-refractivity contribution in [2.24, 2.45) is 0 Å². The van der Waals surface area contributed by atoms with Crippen LogP contribution in [0, 0.1) is 0 Å². The molecule has 1 atom stereocenters. The summed E-state index contributed by atoms with van der Waals surface area (Å²) in [7, 11) is 2.03. The zero-order valence-corrected chi connectivity index (χ0v) is 16.1. The lowest BCUT2D eigenvalue weighted by molar-refractivity contribution is -0.139. The second kappa shape index (κ2) is 8.79. The van der Waals surface area contributed by atoms with Crippen LogP contribution >= 0.6 is 11.3 Å². The molecule has 6 heteroatoms. The van der Waals surface area contributed by atoms with Crippen molar-refractivity contribution in [3.63, 3.8) is 0 Å². The van der Waals surface area contributed by atoms with Crippen LogP contribution in [0.15, 0.2) is 60.1 Å². The zero-order valence-electron chi connectivity index (χ0n) is 15.3. The van der Waals surface area contributed by atoms with Crippen LogP contribution < -0.4 is 4.74 Å². The molecule has 140 valence electrons. The summed E-state index contributed by atoms with van der Waals surface area (Å²) < 4.78 is 5.52. The Kier molecular flexibility index (Phi) is 6.21. The predicted octanol–water partition coefficient (Wildman–Crippen LogP) is 4.47. The number of hydrogen-bond acceptors (Lipinski definition) is 5.